The molecule has 4 aromatic rings. The van der Waals surface area contributed by atoms with Crippen LogP contribution < -0.4 is 14.8 Å². The van der Waals surface area contributed by atoms with Gasteiger partial charge in [-0.05, 0) is 35.4 Å². The van der Waals surface area contributed by atoms with Crippen LogP contribution >= 0.6 is 0 Å². The number of nitrogens with zero attached hydrogens (tertiary/aromatic N) is 1. The number of benzene rings is 3. The van der Waals surface area contributed by atoms with Crippen molar-refractivity contribution in [3.05, 3.63) is 73.1 Å². The molecule has 0 saturated carbocycles. The minimum atomic E-state index is -0.984. The molecule has 0 bridgehead atoms. The van der Waals surface area contributed by atoms with Crippen molar-refractivity contribution in [2.75, 3.05) is 12.1 Å². The molecule has 0 atom stereocenters. The largest absolute Gasteiger partial charge is 0.481 e. The van der Waals surface area contributed by atoms with Crippen LogP contribution in [0.4, 0.5) is 5.69 Å². The van der Waals surface area contributed by atoms with Crippen molar-refractivity contribution in [2.45, 2.75) is 6.42 Å². The Morgan fingerprint density at radius 2 is 1.91 bits per heavy atom. The van der Waals surface area contributed by atoms with Crippen molar-refractivity contribution in [3.8, 4) is 33.8 Å². The van der Waals surface area contributed by atoms with Crippen molar-refractivity contribution in [3.63, 3.8) is 0 Å². The number of carbonyl (C=O) groups excluding carboxylic acids is 1. The van der Waals surface area contributed by atoms with Crippen LogP contribution in [0.3, 0.4) is 0 Å². The van der Waals surface area contributed by atoms with E-state index in [1.165, 1.54) is 12.5 Å². The zero-order valence-corrected chi connectivity index (χ0v) is 17.3. The van der Waals surface area contributed by atoms with E-state index in [-0.39, 0.29) is 13.2 Å². The molecule has 0 spiro atoms. The molecule has 1 amide bonds. The third kappa shape index (κ3) is 3.67. The highest BCUT2D eigenvalue weighted by Gasteiger charge is 2.22. The molecule has 1 aliphatic rings. The summed E-state index contributed by atoms with van der Waals surface area (Å²) in [6.45, 7) is 3.70. The van der Waals surface area contributed by atoms with Gasteiger partial charge in [-0.15, -0.1) is 0 Å². The Kier molecular flexibility index (Phi) is 5.02. The highest BCUT2D eigenvalue weighted by atomic mass is 16.7. The number of para-hydroxylation sites is 1. The molecule has 0 unspecified atom stereocenters. The summed E-state index contributed by atoms with van der Waals surface area (Å²) in [4.78, 5) is 28.3. The summed E-state index contributed by atoms with van der Waals surface area (Å²) < 4.78 is 16.4. The first-order chi connectivity index (χ1) is 16.0. The van der Waals surface area contributed by atoms with Gasteiger partial charge in [0.1, 0.15) is 5.52 Å². The van der Waals surface area contributed by atoms with Crippen molar-refractivity contribution in [1.29, 1.82) is 0 Å². The third-order valence-electron chi connectivity index (χ3n) is 5.38. The molecule has 164 valence electrons. The summed E-state index contributed by atoms with van der Waals surface area (Å²) in [5, 5.41) is 12.4. The lowest BCUT2D eigenvalue weighted by molar-refractivity contribution is -0.136. The van der Waals surface area contributed by atoms with Crippen LogP contribution in [0.15, 0.2) is 72.0 Å². The Balaban J connectivity index is 1.78. The standard InChI is InChI=1S/C25H18N2O6/c1-2-21(28)27-24-16(14-6-8-18-20(10-14)33-13-32-18)4-3-5-17(24)23-15(11-22(29)30)7-9-19-25(23)26-12-31-19/h2-10,12H,1,11,13H2,(H,27,28)(H,29,30). The predicted molar refractivity (Wildman–Crippen MR) is 121 cm³/mol. The number of nitrogens with one attached hydrogen (secondary N) is 1. The number of fused-ring (bicyclic) bond motifs is 2. The molecule has 2 N–H and O–H groups in total. The van der Waals surface area contributed by atoms with Gasteiger partial charge < -0.3 is 24.3 Å². The van der Waals surface area contributed by atoms with Gasteiger partial charge in [-0.2, -0.15) is 0 Å². The molecule has 1 aromatic heterocycles. The number of anilines is 1. The molecule has 8 nitrogen and oxygen atoms in total. The van der Waals surface area contributed by atoms with E-state index in [0.717, 1.165) is 5.56 Å². The maximum Gasteiger partial charge on any atom is 0.307 e. The number of aliphatic carboxylic acids is 1. The molecule has 0 fully saturated rings. The van der Waals surface area contributed by atoms with Gasteiger partial charge in [-0.25, -0.2) is 4.98 Å². The number of ether oxygens (including phenoxy) is 2. The fourth-order valence-corrected chi connectivity index (χ4v) is 3.96. The van der Waals surface area contributed by atoms with E-state index >= 15 is 0 Å². The Labute approximate surface area is 188 Å². The summed E-state index contributed by atoms with van der Waals surface area (Å²) >= 11 is 0. The quantitative estimate of drug-likeness (QED) is 0.419. The lowest BCUT2D eigenvalue weighted by Gasteiger charge is -2.18. The summed E-state index contributed by atoms with van der Waals surface area (Å²) in [7, 11) is 0. The topological polar surface area (TPSA) is 111 Å². The highest BCUT2D eigenvalue weighted by Crippen LogP contribution is 2.43. The molecule has 5 rings (SSSR count). The Morgan fingerprint density at radius 3 is 2.73 bits per heavy atom. The number of carbonyl (C=O) groups is 2. The first-order valence-electron chi connectivity index (χ1n) is 10.1. The van der Waals surface area contributed by atoms with Crippen LogP contribution in [0.5, 0.6) is 11.5 Å². The Hall–Kier alpha value is -4.59. The molecule has 2 heterocycles. The second-order valence-electron chi connectivity index (χ2n) is 7.36. The number of oxazole rings is 1. The van der Waals surface area contributed by atoms with Crippen LogP contribution in [-0.2, 0) is 16.0 Å². The number of hydrogen-bond acceptors (Lipinski definition) is 6. The van der Waals surface area contributed by atoms with Crippen LogP contribution in [0.25, 0.3) is 33.4 Å². The number of hydrogen-bond donors (Lipinski definition) is 2. The van der Waals surface area contributed by atoms with E-state index in [4.69, 9.17) is 13.9 Å². The fourth-order valence-electron chi connectivity index (χ4n) is 3.96. The molecule has 0 aliphatic carbocycles. The number of rotatable bonds is 6. The Bertz CT molecular complexity index is 1420. The van der Waals surface area contributed by atoms with Gasteiger partial charge in [0.2, 0.25) is 12.7 Å². The number of amides is 1. The smallest absolute Gasteiger partial charge is 0.307 e. The van der Waals surface area contributed by atoms with E-state index in [0.29, 0.717) is 50.5 Å². The molecule has 8 heteroatoms. The van der Waals surface area contributed by atoms with E-state index in [2.05, 4.69) is 16.9 Å². The lowest BCUT2D eigenvalue weighted by atomic mass is 9.91. The monoisotopic (exact) mass is 442 g/mol. The fraction of sp³-hybridized carbons (Fsp3) is 0.0800. The predicted octanol–water partition coefficient (Wildman–Crippen LogP) is 4.64. The van der Waals surface area contributed by atoms with Crippen LogP contribution in [0.1, 0.15) is 5.56 Å². The zero-order chi connectivity index (χ0) is 22.9. The first-order valence-corrected chi connectivity index (χ1v) is 10.1. The van der Waals surface area contributed by atoms with E-state index in [9.17, 15) is 14.7 Å². The molecule has 3 aromatic carbocycles. The second kappa shape index (κ2) is 8.16. The first kappa shape index (κ1) is 20.3. The maximum atomic E-state index is 12.4. The molecule has 33 heavy (non-hydrogen) atoms. The van der Waals surface area contributed by atoms with Crippen LogP contribution in [0, 0.1) is 0 Å². The third-order valence-corrected chi connectivity index (χ3v) is 5.38. The zero-order valence-electron chi connectivity index (χ0n) is 17.3. The van der Waals surface area contributed by atoms with Gasteiger partial charge in [0.25, 0.3) is 0 Å². The van der Waals surface area contributed by atoms with Gasteiger partial charge in [0, 0.05) is 16.7 Å². The van der Waals surface area contributed by atoms with Gasteiger partial charge in [0.15, 0.2) is 23.5 Å². The number of carboxylic acid groups (broad SMARTS) is 1. The van der Waals surface area contributed by atoms with Gasteiger partial charge in [-0.3, -0.25) is 9.59 Å². The van der Waals surface area contributed by atoms with Crippen molar-refractivity contribution < 1.29 is 28.6 Å². The SMILES string of the molecule is C=CC(=O)Nc1c(-c2ccc3c(c2)OCO3)cccc1-c1c(CC(=O)O)ccc2ocnc12. The average Bonchev–Trinajstić information content (AvgIpc) is 3.47. The summed E-state index contributed by atoms with van der Waals surface area (Å²) in [5.41, 5.74) is 4.72. The molecule has 0 radical (unpaired) electrons. The van der Waals surface area contributed by atoms with E-state index in [1.807, 2.05) is 30.3 Å². The molecule has 1 aliphatic heterocycles. The van der Waals surface area contributed by atoms with Crippen molar-refractivity contribution in [2.24, 2.45) is 0 Å². The molecular formula is C25H18N2O6. The Morgan fingerprint density at radius 1 is 1.09 bits per heavy atom. The van der Waals surface area contributed by atoms with Crippen molar-refractivity contribution >= 4 is 28.7 Å². The second-order valence-corrected chi connectivity index (χ2v) is 7.36. The van der Waals surface area contributed by atoms with Crippen molar-refractivity contribution in [1.82, 2.24) is 4.98 Å². The van der Waals surface area contributed by atoms with E-state index in [1.54, 1.807) is 18.2 Å². The van der Waals surface area contributed by atoms with Gasteiger partial charge in [0.05, 0.1) is 12.1 Å². The summed E-state index contributed by atoms with van der Waals surface area (Å²) in [6.07, 6.45) is 2.26. The van der Waals surface area contributed by atoms with E-state index < -0.39 is 11.9 Å². The highest BCUT2D eigenvalue weighted by molar-refractivity contribution is 6.08. The minimum absolute atomic E-state index is 0.144. The normalized spacial score (nSPS) is 12.0. The summed E-state index contributed by atoms with van der Waals surface area (Å²) in [6, 6.07) is 14.4. The number of aromatic nitrogens is 1. The number of carboxylic acids is 1. The average molecular weight is 442 g/mol. The minimum Gasteiger partial charge on any atom is -0.481 e. The summed E-state index contributed by atoms with van der Waals surface area (Å²) in [5.74, 6) is -0.147. The van der Waals surface area contributed by atoms with Crippen LogP contribution in [-0.4, -0.2) is 28.8 Å². The molecular weight excluding hydrogens is 424 g/mol. The van der Waals surface area contributed by atoms with Gasteiger partial charge in [-0.1, -0.05) is 36.9 Å². The molecule has 0 saturated heterocycles. The van der Waals surface area contributed by atoms with Gasteiger partial charge >= 0.3 is 5.97 Å². The maximum absolute atomic E-state index is 12.4. The van der Waals surface area contributed by atoms with Crippen LogP contribution in [0.2, 0.25) is 0 Å². The lowest BCUT2D eigenvalue weighted by Crippen LogP contribution is -2.10.